The highest BCUT2D eigenvalue weighted by molar-refractivity contribution is 5.81. The number of alkyl halides is 3. The van der Waals surface area contributed by atoms with E-state index in [-0.39, 0.29) is 0 Å². The highest BCUT2D eigenvalue weighted by atomic mass is 19.4. The zero-order valence-electron chi connectivity index (χ0n) is 9.67. The van der Waals surface area contributed by atoms with Crippen molar-refractivity contribution in [2.45, 2.75) is 45.3 Å². The van der Waals surface area contributed by atoms with E-state index in [1.54, 1.807) is 0 Å². The number of carbonyl (C=O) groups excluding carboxylic acids is 1. The first-order chi connectivity index (χ1) is 7.64. The summed E-state index contributed by atoms with van der Waals surface area (Å²) in [4.78, 5) is 21.0. The molecule has 4 nitrogen and oxygen atoms in total. The lowest BCUT2D eigenvalue weighted by Gasteiger charge is -2.15. The molecular weight excluding hydrogens is 239 g/mol. The lowest BCUT2D eigenvalue weighted by atomic mass is 10.0. The van der Waals surface area contributed by atoms with Gasteiger partial charge in [0.05, 0.1) is 5.92 Å². The number of amides is 1. The maximum Gasteiger partial charge on any atom is 0.471 e. The van der Waals surface area contributed by atoms with Crippen LogP contribution in [0.1, 0.15) is 33.1 Å². The number of hydrogen-bond acceptors (Lipinski definition) is 2. The highest BCUT2D eigenvalue weighted by Crippen LogP contribution is 2.15. The van der Waals surface area contributed by atoms with Gasteiger partial charge in [0.2, 0.25) is 0 Å². The molecule has 100 valence electrons. The maximum atomic E-state index is 11.9. The number of hydrogen-bond donors (Lipinski definition) is 2. The largest absolute Gasteiger partial charge is 0.481 e. The molecule has 17 heavy (non-hydrogen) atoms. The Bertz CT molecular complexity index is 278. The predicted octanol–water partition coefficient (Wildman–Crippen LogP) is 1.94. The van der Waals surface area contributed by atoms with Crippen molar-refractivity contribution in [2.24, 2.45) is 5.92 Å². The number of halogens is 3. The van der Waals surface area contributed by atoms with Crippen molar-refractivity contribution in [1.29, 1.82) is 0 Å². The summed E-state index contributed by atoms with van der Waals surface area (Å²) in [5.74, 6) is -3.42. The normalized spacial score (nSPS) is 15.1. The maximum absolute atomic E-state index is 11.9. The molecule has 0 aliphatic carbocycles. The molecule has 0 spiro atoms. The lowest BCUT2D eigenvalue weighted by Crippen LogP contribution is -2.41. The molecule has 0 heterocycles. The van der Waals surface area contributed by atoms with E-state index in [1.807, 2.05) is 5.32 Å². The molecule has 0 saturated heterocycles. The van der Waals surface area contributed by atoms with E-state index in [4.69, 9.17) is 5.11 Å². The van der Waals surface area contributed by atoms with Crippen molar-refractivity contribution in [3.63, 3.8) is 0 Å². The number of rotatable bonds is 6. The standard InChI is InChI=1S/C10H16F3NO3/c1-6(8(15)16)4-3-5-7(2)14-9(17)10(11,12)13/h6-7H,3-5H2,1-2H3,(H,14,17)(H,15,16). The Kier molecular flexibility index (Phi) is 5.98. The van der Waals surface area contributed by atoms with Gasteiger partial charge in [0.15, 0.2) is 0 Å². The van der Waals surface area contributed by atoms with Gasteiger partial charge in [0, 0.05) is 6.04 Å². The van der Waals surface area contributed by atoms with Crippen LogP contribution in [0.5, 0.6) is 0 Å². The van der Waals surface area contributed by atoms with E-state index in [9.17, 15) is 22.8 Å². The zero-order valence-corrected chi connectivity index (χ0v) is 9.67. The van der Waals surface area contributed by atoms with Gasteiger partial charge in [-0.2, -0.15) is 13.2 Å². The summed E-state index contributed by atoms with van der Waals surface area (Å²) in [7, 11) is 0. The quantitative estimate of drug-likeness (QED) is 0.762. The van der Waals surface area contributed by atoms with Crippen LogP contribution in [0.4, 0.5) is 13.2 Å². The number of nitrogens with one attached hydrogen (secondary N) is 1. The summed E-state index contributed by atoms with van der Waals surface area (Å²) >= 11 is 0. The van der Waals surface area contributed by atoms with E-state index in [0.717, 1.165) is 0 Å². The fourth-order valence-electron chi connectivity index (χ4n) is 1.23. The van der Waals surface area contributed by atoms with Gasteiger partial charge in [-0.3, -0.25) is 9.59 Å². The second-order valence-corrected chi connectivity index (χ2v) is 4.04. The number of carbonyl (C=O) groups is 2. The molecule has 0 aromatic heterocycles. The molecular formula is C10H16F3NO3. The minimum absolute atomic E-state index is 0.319. The van der Waals surface area contributed by atoms with Crippen LogP contribution in [0.2, 0.25) is 0 Å². The SMILES string of the molecule is CC(CCCC(C)C(=O)O)NC(=O)C(F)(F)F. The van der Waals surface area contributed by atoms with Crippen molar-refractivity contribution in [3.8, 4) is 0 Å². The third-order valence-corrected chi connectivity index (χ3v) is 2.33. The van der Waals surface area contributed by atoms with Crippen LogP contribution in [0, 0.1) is 5.92 Å². The van der Waals surface area contributed by atoms with E-state index in [2.05, 4.69) is 0 Å². The second kappa shape index (κ2) is 6.46. The molecule has 0 aromatic carbocycles. The van der Waals surface area contributed by atoms with Gasteiger partial charge in [-0.05, 0) is 19.8 Å². The molecule has 0 rings (SSSR count). The van der Waals surface area contributed by atoms with Gasteiger partial charge in [0.1, 0.15) is 0 Å². The average molecular weight is 255 g/mol. The smallest absolute Gasteiger partial charge is 0.471 e. The summed E-state index contributed by atoms with van der Waals surface area (Å²) < 4.78 is 35.6. The first kappa shape index (κ1) is 15.7. The van der Waals surface area contributed by atoms with E-state index in [0.29, 0.717) is 19.3 Å². The summed E-state index contributed by atoms with van der Waals surface area (Å²) in [6.45, 7) is 2.98. The molecule has 0 saturated carbocycles. The van der Waals surface area contributed by atoms with Gasteiger partial charge in [-0.1, -0.05) is 13.3 Å². The monoisotopic (exact) mass is 255 g/mol. The molecule has 0 fully saturated rings. The Morgan fingerprint density at radius 1 is 1.24 bits per heavy atom. The minimum Gasteiger partial charge on any atom is -0.481 e. The molecule has 0 radical (unpaired) electrons. The van der Waals surface area contributed by atoms with Crippen molar-refractivity contribution >= 4 is 11.9 Å². The van der Waals surface area contributed by atoms with Gasteiger partial charge in [0.25, 0.3) is 0 Å². The first-order valence-corrected chi connectivity index (χ1v) is 5.25. The first-order valence-electron chi connectivity index (χ1n) is 5.25. The third-order valence-electron chi connectivity index (χ3n) is 2.33. The van der Waals surface area contributed by atoms with E-state index in [1.165, 1.54) is 13.8 Å². The van der Waals surface area contributed by atoms with E-state index >= 15 is 0 Å². The highest BCUT2D eigenvalue weighted by Gasteiger charge is 2.39. The molecule has 7 heteroatoms. The molecule has 1 amide bonds. The fraction of sp³-hybridized carbons (Fsp3) is 0.800. The van der Waals surface area contributed by atoms with Crippen molar-refractivity contribution in [2.75, 3.05) is 0 Å². The van der Waals surface area contributed by atoms with Crippen LogP contribution in [-0.2, 0) is 9.59 Å². The van der Waals surface area contributed by atoms with Crippen LogP contribution < -0.4 is 5.32 Å². The van der Waals surface area contributed by atoms with Gasteiger partial charge >= 0.3 is 18.1 Å². The summed E-state index contributed by atoms with van der Waals surface area (Å²) in [5, 5.41) is 10.4. The molecule has 2 N–H and O–H groups in total. The average Bonchev–Trinajstić information content (AvgIpc) is 2.15. The molecule has 0 aliphatic heterocycles. The van der Waals surface area contributed by atoms with Crippen molar-refractivity contribution in [3.05, 3.63) is 0 Å². The Labute approximate surface area is 97.2 Å². The summed E-state index contributed by atoms with van der Waals surface area (Å²) in [5.41, 5.74) is 0. The lowest BCUT2D eigenvalue weighted by molar-refractivity contribution is -0.174. The molecule has 0 aliphatic rings. The van der Waals surface area contributed by atoms with E-state index < -0.39 is 30.0 Å². The summed E-state index contributed by atoms with van der Waals surface area (Å²) in [6.07, 6.45) is -3.73. The molecule has 0 aromatic rings. The topological polar surface area (TPSA) is 66.4 Å². The number of carboxylic acids is 1. The Hall–Kier alpha value is -1.27. The van der Waals surface area contributed by atoms with Gasteiger partial charge in [-0.15, -0.1) is 0 Å². The Balaban J connectivity index is 3.85. The van der Waals surface area contributed by atoms with Crippen molar-refractivity contribution in [1.82, 2.24) is 5.32 Å². The van der Waals surface area contributed by atoms with Crippen LogP contribution >= 0.6 is 0 Å². The zero-order chi connectivity index (χ0) is 13.6. The molecule has 2 unspecified atom stereocenters. The molecule has 2 atom stereocenters. The van der Waals surface area contributed by atoms with Crippen LogP contribution in [-0.4, -0.2) is 29.2 Å². The van der Waals surface area contributed by atoms with Gasteiger partial charge in [-0.25, -0.2) is 0 Å². The van der Waals surface area contributed by atoms with Crippen LogP contribution in [0.25, 0.3) is 0 Å². The molecule has 0 bridgehead atoms. The van der Waals surface area contributed by atoms with Gasteiger partial charge < -0.3 is 10.4 Å². The Morgan fingerprint density at radius 3 is 2.18 bits per heavy atom. The number of carboxylic acid groups (broad SMARTS) is 1. The van der Waals surface area contributed by atoms with Crippen LogP contribution in [0.3, 0.4) is 0 Å². The Morgan fingerprint density at radius 2 is 1.76 bits per heavy atom. The second-order valence-electron chi connectivity index (χ2n) is 4.04. The van der Waals surface area contributed by atoms with Crippen molar-refractivity contribution < 1.29 is 27.9 Å². The summed E-state index contributed by atoms with van der Waals surface area (Å²) in [6, 6.07) is -0.620. The van der Waals surface area contributed by atoms with Crippen LogP contribution in [0.15, 0.2) is 0 Å². The third kappa shape index (κ3) is 6.80. The fourth-order valence-corrected chi connectivity index (χ4v) is 1.23. The minimum atomic E-state index is -4.87. The number of aliphatic carboxylic acids is 1. The predicted molar refractivity (Wildman–Crippen MR) is 54.3 cm³/mol.